The zero-order valence-corrected chi connectivity index (χ0v) is 11.8. The number of nitrogens with two attached hydrogens (primary N) is 1. The van der Waals surface area contributed by atoms with Gasteiger partial charge in [0, 0.05) is 19.0 Å². The van der Waals surface area contributed by atoms with Crippen molar-refractivity contribution in [2.24, 2.45) is 11.7 Å². The average molecular weight is 311 g/mol. The van der Waals surface area contributed by atoms with Crippen LogP contribution < -0.4 is 11.1 Å². The molecule has 0 aromatic heterocycles. The Morgan fingerprint density at radius 3 is 2.43 bits per heavy atom. The highest BCUT2D eigenvalue weighted by molar-refractivity contribution is 5.78. The SMILES string of the molecule is C[C@@H](COCC(F)(F)F)NC(=O)N1CCC(C(N)=O)CC1. The number of carbonyl (C=O) groups is 2. The molecule has 9 heteroatoms. The molecule has 1 atom stereocenters. The number of piperidine rings is 1. The van der Waals surface area contributed by atoms with E-state index in [0.29, 0.717) is 25.9 Å². The molecule has 1 rings (SSSR count). The Kier molecular flexibility index (Phi) is 6.25. The third kappa shape index (κ3) is 6.65. The molecule has 0 saturated carbocycles. The molecule has 0 aromatic rings. The molecular weight excluding hydrogens is 291 g/mol. The molecule has 0 spiro atoms. The fourth-order valence-electron chi connectivity index (χ4n) is 2.06. The zero-order valence-electron chi connectivity index (χ0n) is 11.8. The molecule has 6 nitrogen and oxygen atoms in total. The van der Waals surface area contributed by atoms with Gasteiger partial charge in [-0.3, -0.25) is 4.79 Å². The number of nitrogens with one attached hydrogen (secondary N) is 1. The summed E-state index contributed by atoms with van der Waals surface area (Å²) in [6, 6.07) is -0.908. The number of hydrogen-bond donors (Lipinski definition) is 2. The maximum atomic E-state index is 11.9. The molecule has 0 radical (unpaired) electrons. The Labute approximate surface area is 120 Å². The highest BCUT2D eigenvalue weighted by atomic mass is 19.4. The molecule has 21 heavy (non-hydrogen) atoms. The van der Waals surface area contributed by atoms with Gasteiger partial charge >= 0.3 is 12.2 Å². The minimum Gasteiger partial charge on any atom is -0.370 e. The molecular formula is C12H20F3N3O3. The van der Waals surface area contributed by atoms with Crippen LogP contribution in [0, 0.1) is 5.92 Å². The molecule has 122 valence electrons. The molecule has 3 amide bonds. The summed E-state index contributed by atoms with van der Waals surface area (Å²) in [6.07, 6.45) is -3.37. The van der Waals surface area contributed by atoms with Crippen LogP contribution >= 0.6 is 0 Å². The quantitative estimate of drug-likeness (QED) is 0.790. The van der Waals surface area contributed by atoms with E-state index in [1.165, 1.54) is 4.90 Å². The maximum Gasteiger partial charge on any atom is 0.411 e. The summed E-state index contributed by atoms with van der Waals surface area (Å²) < 4.78 is 40.2. The van der Waals surface area contributed by atoms with Gasteiger partial charge in [-0.1, -0.05) is 0 Å². The smallest absolute Gasteiger partial charge is 0.370 e. The van der Waals surface area contributed by atoms with Crippen molar-refractivity contribution in [1.82, 2.24) is 10.2 Å². The number of primary amides is 1. The van der Waals surface area contributed by atoms with Crippen LogP contribution in [0.3, 0.4) is 0 Å². The second kappa shape index (κ2) is 7.48. The summed E-state index contributed by atoms with van der Waals surface area (Å²) in [4.78, 5) is 24.4. The molecule has 1 fully saturated rings. The molecule has 3 N–H and O–H groups in total. The summed E-state index contributed by atoms with van der Waals surface area (Å²) in [5, 5.41) is 2.56. The minimum atomic E-state index is -4.37. The number of hydrogen-bond acceptors (Lipinski definition) is 3. The van der Waals surface area contributed by atoms with E-state index in [-0.39, 0.29) is 24.5 Å². The van der Waals surface area contributed by atoms with Gasteiger partial charge in [-0.2, -0.15) is 13.2 Å². The van der Waals surface area contributed by atoms with Gasteiger partial charge in [0.1, 0.15) is 6.61 Å². The van der Waals surface area contributed by atoms with Crippen molar-refractivity contribution in [3.63, 3.8) is 0 Å². The van der Waals surface area contributed by atoms with Crippen molar-refractivity contribution in [3.05, 3.63) is 0 Å². The topological polar surface area (TPSA) is 84.7 Å². The third-order valence-corrected chi connectivity index (χ3v) is 3.19. The Balaban J connectivity index is 2.25. The number of nitrogens with zero attached hydrogens (tertiary/aromatic N) is 1. The number of halogens is 3. The van der Waals surface area contributed by atoms with Crippen molar-refractivity contribution < 1.29 is 27.5 Å². The standard InChI is InChI=1S/C12H20F3N3O3/c1-8(6-21-7-12(13,14)15)17-11(20)18-4-2-9(3-5-18)10(16)19/h8-9H,2-7H2,1H3,(H2,16,19)(H,17,20)/t8-/m0/s1. The van der Waals surface area contributed by atoms with E-state index in [1.54, 1.807) is 6.92 Å². The summed E-state index contributed by atoms with van der Waals surface area (Å²) in [6.45, 7) is 0.801. The van der Waals surface area contributed by atoms with E-state index in [1.807, 2.05) is 0 Å². The number of likely N-dealkylation sites (tertiary alicyclic amines) is 1. The van der Waals surface area contributed by atoms with Gasteiger partial charge in [0.2, 0.25) is 5.91 Å². The van der Waals surface area contributed by atoms with Crippen molar-refractivity contribution in [2.75, 3.05) is 26.3 Å². The lowest BCUT2D eigenvalue weighted by molar-refractivity contribution is -0.174. The Morgan fingerprint density at radius 1 is 1.38 bits per heavy atom. The van der Waals surface area contributed by atoms with Gasteiger partial charge in [0.25, 0.3) is 0 Å². The van der Waals surface area contributed by atoms with Crippen LogP contribution in [0.25, 0.3) is 0 Å². The summed E-state index contributed by atoms with van der Waals surface area (Å²) in [7, 11) is 0. The van der Waals surface area contributed by atoms with Crippen LogP contribution in [0.4, 0.5) is 18.0 Å². The van der Waals surface area contributed by atoms with Crippen LogP contribution in [-0.2, 0) is 9.53 Å². The van der Waals surface area contributed by atoms with E-state index < -0.39 is 18.8 Å². The van der Waals surface area contributed by atoms with Crippen molar-refractivity contribution in [1.29, 1.82) is 0 Å². The number of ether oxygens (including phenoxy) is 1. The molecule has 0 aliphatic carbocycles. The van der Waals surface area contributed by atoms with Gasteiger partial charge in [0.05, 0.1) is 12.6 Å². The van der Waals surface area contributed by atoms with Gasteiger partial charge in [-0.25, -0.2) is 4.79 Å². The van der Waals surface area contributed by atoms with Gasteiger partial charge in [-0.15, -0.1) is 0 Å². The van der Waals surface area contributed by atoms with Crippen LogP contribution in [0.1, 0.15) is 19.8 Å². The minimum absolute atomic E-state index is 0.219. The first kappa shape index (κ1) is 17.5. The van der Waals surface area contributed by atoms with E-state index in [0.717, 1.165) is 0 Å². The first-order chi connectivity index (χ1) is 9.69. The summed E-state index contributed by atoms with van der Waals surface area (Å²) >= 11 is 0. The molecule has 1 saturated heterocycles. The van der Waals surface area contributed by atoms with Gasteiger partial charge in [-0.05, 0) is 19.8 Å². The fraction of sp³-hybridized carbons (Fsp3) is 0.833. The van der Waals surface area contributed by atoms with Crippen molar-refractivity contribution >= 4 is 11.9 Å². The van der Waals surface area contributed by atoms with Crippen LogP contribution in [0.15, 0.2) is 0 Å². The lowest BCUT2D eigenvalue weighted by Gasteiger charge is -2.31. The first-order valence-electron chi connectivity index (χ1n) is 6.68. The lowest BCUT2D eigenvalue weighted by Crippen LogP contribution is -2.49. The van der Waals surface area contributed by atoms with E-state index in [4.69, 9.17) is 5.73 Å². The normalized spacial score (nSPS) is 18.4. The number of urea groups is 1. The predicted molar refractivity (Wildman–Crippen MR) is 68.4 cm³/mol. The molecule has 0 bridgehead atoms. The molecule has 1 aliphatic rings. The Bertz CT molecular complexity index is 368. The van der Waals surface area contributed by atoms with Crippen molar-refractivity contribution in [2.45, 2.75) is 32.0 Å². The zero-order chi connectivity index (χ0) is 16.0. The predicted octanol–water partition coefficient (Wildman–Crippen LogP) is 0.861. The van der Waals surface area contributed by atoms with Crippen molar-refractivity contribution in [3.8, 4) is 0 Å². The van der Waals surface area contributed by atoms with Gasteiger partial charge in [0.15, 0.2) is 0 Å². The fourth-order valence-corrected chi connectivity index (χ4v) is 2.06. The lowest BCUT2D eigenvalue weighted by atomic mass is 9.96. The number of amides is 3. The van der Waals surface area contributed by atoms with E-state index in [2.05, 4.69) is 10.1 Å². The second-order valence-electron chi connectivity index (χ2n) is 5.14. The third-order valence-electron chi connectivity index (χ3n) is 3.19. The average Bonchev–Trinajstić information content (AvgIpc) is 2.37. The summed E-state index contributed by atoms with van der Waals surface area (Å²) in [5.41, 5.74) is 5.19. The first-order valence-corrected chi connectivity index (χ1v) is 6.68. The van der Waals surface area contributed by atoms with Crippen LogP contribution in [0.5, 0.6) is 0 Å². The van der Waals surface area contributed by atoms with Crippen LogP contribution in [0.2, 0.25) is 0 Å². The Morgan fingerprint density at radius 2 is 1.95 bits per heavy atom. The van der Waals surface area contributed by atoms with E-state index in [9.17, 15) is 22.8 Å². The second-order valence-corrected chi connectivity index (χ2v) is 5.14. The molecule has 1 heterocycles. The number of rotatable bonds is 5. The highest BCUT2D eigenvalue weighted by Gasteiger charge is 2.28. The molecule has 0 aromatic carbocycles. The monoisotopic (exact) mass is 311 g/mol. The van der Waals surface area contributed by atoms with Gasteiger partial charge < -0.3 is 20.7 Å². The maximum absolute atomic E-state index is 11.9. The molecule has 0 unspecified atom stereocenters. The highest BCUT2D eigenvalue weighted by Crippen LogP contribution is 2.17. The van der Waals surface area contributed by atoms with Crippen LogP contribution in [-0.4, -0.2) is 55.4 Å². The summed E-state index contributed by atoms with van der Waals surface area (Å²) in [5.74, 6) is -0.592. The largest absolute Gasteiger partial charge is 0.411 e. The Hall–Kier alpha value is -1.51. The van der Waals surface area contributed by atoms with E-state index >= 15 is 0 Å². The molecule has 1 aliphatic heterocycles. The number of alkyl halides is 3. The number of carbonyl (C=O) groups excluding carboxylic acids is 2.